The number of nitrogens with one attached hydrogen (secondary N) is 1. The van der Waals surface area contributed by atoms with Gasteiger partial charge in [0.05, 0.1) is 0 Å². The minimum atomic E-state index is -0.255. The van der Waals surface area contributed by atoms with E-state index >= 15 is 0 Å². The summed E-state index contributed by atoms with van der Waals surface area (Å²) in [5.41, 5.74) is 2.30. The maximum atomic E-state index is 12.3. The van der Waals surface area contributed by atoms with E-state index in [1.54, 1.807) is 0 Å². The van der Waals surface area contributed by atoms with Crippen LogP contribution in [0.4, 0.5) is 0 Å². The van der Waals surface area contributed by atoms with Gasteiger partial charge in [-0.3, -0.25) is 4.79 Å². The van der Waals surface area contributed by atoms with E-state index in [1.165, 1.54) is 0 Å². The lowest BCUT2D eigenvalue weighted by molar-refractivity contribution is 0.0914. The molecule has 3 heteroatoms. The van der Waals surface area contributed by atoms with Crippen LogP contribution in [0.1, 0.15) is 83.1 Å². The Morgan fingerprint density at radius 1 is 1.10 bits per heavy atom. The van der Waals surface area contributed by atoms with Crippen LogP contribution < -0.4 is 5.32 Å². The molecule has 1 aromatic rings. The van der Waals surface area contributed by atoms with Crippen molar-refractivity contribution in [3.8, 4) is 0 Å². The van der Waals surface area contributed by atoms with Crippen LogP contribution >= 0.6 is 0 Å². The SMILES string of the molecule is CC(C)c1cc(C(=O)NC(C)(C)C)nc(C(C)(C)C)c1. The van der Waals surface area contributed by atoms with E-state index in [1.807, 2.05) is 26.8 Å². The Morgan fingerprint density at radius 3 is 2.05 bits per heavy atom. The van der Waals surface area contributed by atoms with Gasteiger partial charge in [0.1, 0.15) is 5.69 Å². The van der Waals surface area contributed by atoms with Crippen molar-refractivity contribution in [1.82, 2.24) is 10.3 Å². The molecule has 0 aliphatic carbocycles. The molecule has 0 atom stereocenters. The first-order chi connectivity index (χ1) is 8.90. The molecule has 0 aromatic carbocycles. The van der Waals surface area contributed by atoms with Crippen molar-refractivity contribution >= 4 is 5.91 Å². The highest BCUT2D eigenvalue weighted by atomic mass is 16.2. The van der Waals surface area contributed by atoms with Gasteiger partial charge >= 0.3 is 0 Å². The second-order valence-corrected chi connectivity index (χ2v) is 7.78. The molecular formula is C17H28N2O. The number of pyridine rings is 1. The largest absolute Gasteiger partial charge is 0.346 e. The molecule has 1 amide bonds. The summed E-state index contributed by atoms with van der Waals surface area (Å²) in [5.74, 6) is 0.269. The second kappa shape index (κ2) is 5.55. The minimum absolute atomic E-state index is 0.0678. The van der Waals surface area contributed by atoms with Gasteiger partial charge in [0.15, 0.2) is 0 Å². The predicted molar refractivity (Wildman–Crippen MR) is 84.2 cm³/mol. The van der Waals surface area contributed by atoms with Gasteiger partial charge in [0.2, 0.25) is 0 Å². The van der Waals surface area contributed by atoms with E-state index in [-0.39, 0.29) is 16.9 Å². The third-order valence-electron chi connectivity index (χ3n) is 3.00. The molecule has 0 aliphatic heterocycles. The fourth-order valence-corrected chi connectivity index (χ4v) is 1.79. The molecule has 0 bridgehead atoms. The Kier molecular flexibility index (Phi) is 4.62. The molecule has 1 N–H and O–H groups in total. The zero-order valence-corrected chi connectivity index (χ0v) is 14.1. The first-order valence-corrected chi connectivity index (χ1v) is 7.25. The summed E-state index contributed by atoms with van der Waals surface area (Å²) in [6.07, 6.45) is 0. The first kappa shape index (κ1) is 16.7. The van der Waals surface area contributed by atoms with Crippen LogP contribution in [0.3, 0.4) is 0 Å². The van der Waals surface area contributed by atoms with Gasteiger partial charge in [-0.15, -0.1) is 0 Å². The maximum absolute atomic E-state index is 12.3. The highest BCUT2D eigenvalue weighted by Gasteiger charge is 2.22. The van der Waals surface area contributed by atoms with Gasteiger partial charge in [-0.25, -0.2) is 4.98 Å². The van der Waals surface area contributed by atoms with Gasteiger partial charge in [-0.05, 0) is 44.4 Å². The van der Waals surface area contributed by atoms with Gasteiger partial charge in [0, 0.05) is 16.6 Å². The number of rotatable bonds is 2. The van der Waals surface area contributed by atoms with Crippen molar-refractivity contribution in [1.29, 1.82) is 0 Å². The minimum Gasteiger partial charge on any atom is -0.346 e. The number of hydrogen-bond acceptors (Lipinski definition) is 2. The number of aromatic nitrogens is 1. The van der Waals surface area contributed by atoms with E-state index in [4.69, 9.17) is 0 Å². The Morgan fingerprint density at radius 2 is 1.65 bits per heavy atom. The molecule has 0 aliphatic rings. The van der Waals surface area contributed by atoms with Crippen LogP contribution in [0.5, 0.6) is 0 Å². The Balaban J connectivity index is 3.26. The summed E-state index contributed by atoms with van der Waals surface area (Å²) < 4.78 is 0. The van der Waals surface area contributed by atoms with Crippen molar-refractivity contribution in [2.45, 2.75) is 72.3 Å². The average molecular weight is 276 g/mol. The van der Waals surface area contributed by atoms with Crippen molar-refractivity contribution in [3.05, 3.63) is 29.1 Å². The molecule has 0 unspecified atom stereocenters. The highest BCUT2D eigenvalue weighted by molar-refractivity contribution is 5.93. The zero-order chi connectivity index (χ0) is 15.7. The Bertz CT molecular complexity index is 491. The van der Waals surface area contributed by atoms with Crippen LogP contribution in [0, 0.1) is 0 Å². The average Bonchev–Trinajstić information content (AvgIpc) is 2.24. The monoisotopic (exact) mass is 276 g/mol. The highest BCUT2D eigenvalue weighted by Crippen LogP contribution is 2.25. The van der Waals surface area contributed by atoms with Crippen molar-refractivity contribution in [3.63, 3.8) is 0 Å². The van der Waals surface area contributed by atoms with Crippen LogP contribution in [-0.4, -0.2) is 16.4 Å². The molecule has 1 rings (SSSR count). The summed E-state index contributed by atoms with van der Waals surface area (Å²) in [7, 11) is 0. The molecule has 0 saturated carbocycles. The first-order valence-electron chi connectivity index (χ1n) is 7.25. The number of carbonyl (C=O) groups is 1. The van der Waals surface area contributed by atoms with E-state index in [0.29, 0.717) is 11.6 Å². The number of hydrogen-bond donors (Lipinski definition) is 1. The third kappa shape index (κ3) is 4.62. The zero-order valence-electron chi connectivity index (χ0n) is 14.1. The standard InChI is InChI=1S/C17H28N2O/c1-11(2)12-9-13(15(20)19-17(6,7)8)18-14(10-12)16(3,4)5/h9-11H,1-8H3,(H,19,20). The molecule has 20 heavy (non-hydrogen) atoms. The molecule has 0 fully saturated rings. The number of amides is 1. The lowest BCUT2D eigenvalue weighted by atomic mass is 9.89. The fourth-order valence-electron chi connectivity index (χ4n) is 1.79. The predicted octanol–water partition coefficient (Wildman–Crippen LogP) is 4.03. The van der Waals surface area contributed by atoms with Crippen molar-refractivity contribution < 1.29 is 4.79 Å². The van der Waals surface area contributed by atoms with Gasteiger partial charge in [-0.1, -0.05) is 34.6 Å². The molecule has 0 saturated heterocycles. The smallest absolute Gasteiger partial charge is 0.270 e. The Hall–Kier alpha value is -1.38. The second-order valence-electron chi connectivity index (χ2n) is 7.78. The van der Waals surface area contributed by atoms with E-state index in [9.17, 15) is 4.79 Å². The van der Waals surface area contributed by atoms with Crippen LogP contribution in [0.25, 0.3) is 0 Å². The molecule has 1 heterocycles. The summed E-state index contributed by atoms with van der Waals surface area (Å²) >= 11 is 0. The normalized spacial score (nSPS) is 12.7. The number of nitrogens with zero attached hydrogens (tertiary/aromatic N) is 1. The molecule has 1 aromatic heterocycles. The van der Waals surface area contributed by atoms with E-state index in [2.05, 4.69) is 51.0 Å². The topological polar surface area (TPSA) is 42.0 Å². The molecule has 3 nitrogen and oxygen atoms in total. The number of carbonyl (C=O) groups excluding carboxylic acids is 1. The summed E-state index contributed by atoms with van der Waals surface area (Å²) in [5, 5.41) is 2.98. The summed E-state index contributed by atoms with van der Waals surface area (Å²) in [6.45, 7) is 16.5. The van der Waals surface area contributed by atoms with Crippen LogP contribution in [0.2, 0.25) is 0 Å². The molecule has 0 spiro atoms. The Labute approximate surface area is 123 Å². The maximum Gasteiger partial charge on any atom is 0.270 e. The van der Waals surface area contributed by atoms with Crippen LogP contribution in [0.15, 0.2) is 12.1 Å². The van der Waals surface area contributed by atoms with Gasteiger partial charge in [0.25, 0.3) is 5.91 Å². The van der Waals surface area contributed by atoms with E-state index in [0.717, 1.165) is 11.3 Å². The quantitative estimate of drug-likeness (QED) is 0.886. The van der Waals surface area contributed by atoms with Crippen molar-refractivity contribution in [2.24, 2.45) is 0 Å². The third-order valence-corrected chi connectivity index (χ3v) is 3.00. The fraction of sp³-hybridized carbons (Fsp3) is 0.647. The molecule has 0 radical (unpaired) electrons. The van der Waals surface area contributed by atoms with E-state index < -0.39 is 0 Å². The van der Waals surface area contributed by atoms with Gasteiger partial charge in [-0.2, -0.15) is 0 Å². The van der Waals surface area contributed by atoms with Gasteiger partial charge < -0.3 is 5.32 Å². The van der Waals surface area contributed by atoms with Crippen molar-refractivity contribution in [2.75, 3.05) is 0 Å². The molecular weight excluding hydrogens is 248 g/mol. The summed E-state index contributed by atoms with van der Waals surface area (Å²) in [6, 6.07) is 4.01. The molecule has 112 valence electrons. The lowest BCUT2D eigenvalue weighted by Crippen LogP contribution is -2.41. The lowest BCUT2D eigenvalue weighted by Gasteiger charge is -2.23. The van der Waals surface area contributed by atoms with Crippen LogP contribution in [-0.2, 0) is 5.41 Å². The summed E-state index contributed by atoms with van der Waals surface area (Å²) in [4.78, 5) is 16.9.